The van der Waals surface area contributed by atoms with Crippen LogP contribution in [0.4, 0.5) is 0 Å². The Kier molecular flexibility index (Phi) is 4.79. The van der Waals surface area contributed by atoms with Crippen LogP contribution < -0.4 is 5.73 Å². The van der Waals surface area contributed by atoms with Crippen LogP contribution in [-0.4, -0.2) is 24.5 Å². The first-order chi connectivity index (χ1) is 7.24. The highest BCUT2D eigenvalue weighted by molar-refractivity contribution is 5.29. The molecule has 2 nitrogen and oxygen atoms in total. The number of hydrogen-bond acceptors (Lipinski definition) is 2. The number of aryl methyl sites for hydroxylation is 1. The maximum Gasteiger partial charge on any atom is 0.0472 e. The van der Waals surface area contributed by atoms with Crippen molar-refractivity contribution in [1.82, 2.24) is 4.90 Å². The molecule has 0 aliphatic carbocycles. The third-order valence-electron chi connectivity index (χ3n) is 3.02. The molecule has 0 aliphatic heterocycles. The molecule has 0 spiro atoms. The maximum atomic E-state index is 5.88. The van der Waals surface area contributed by atoms with Crippen LogP contribution in [-0.2, 0) is 0 Å². The highest BCUT2D eigenvalue weighted by Gasteiger charge is 2.17. The molecule has 0 amide bonds. The van der Waals surface area contributed by atoms with E-state index in [-0.39, 0.29) is 0 Å². The predicted octanol–water partition coefficient (Wildman–Crippen LogP) is 2.34. The van der Waals surface area contributed by atoms with Crippen LogP contribution in [0.5, 0.6) is 0 Å². The minimum absolute atomic E-state index is 0.362. The number of rotatable bonds is 5. The van der Waals surface area contributed by atoms with Crippen LogP contribution in [0.15, 0.2) is 24.3 Å². The third kappa shape index (κ3) is 2.80. The highest BCUT2D eigenvalue weighted by Crippen LogP contribution is 2.22. The van der Waals surface area contributed by atoms with Gasteiger partial charge in [0, 0.05) is 12.6 Å². The van der Waals surface area contributed by atoms with Crippen molar-refractivity contribution < 1.29 is 0 Å². The van der Waals surface area contributed by atoms with E-state index in [1.807, 2.05) is 0 Å². The first-order valence-electron chi connectivity index (χ1n) is 5.74. The van der Waals surface area contributed by atoms with Crippen LogP contribution in [0.1, 0.15) is 31.0 Å². The molecule has 0 fully saturated rings. The van der Waals surface area contributed by atoms with E-state index < -0.39 is 0 Å². The molecule has 1 aromatic rings. The predicted molar refractivity (Wildman–Crippen MR) is 65.9 cm³/mol. The van der Waals surface area contributed by atoms with Crippen LogP contribution in [0.25, 0.3) is 0 Å². The fraction of sp³-hybridized carbons (Fsp3) is 0.538. The molecule has 1 atom stereocenters. The summed E-state index contributed by atoms with van der Waals surface area (Å²) in [5.41, 5.74) is 8.58. The Morgan fingerprint density at radius 2 is 1.80 bits per heavy atom. The standard InChI is InChI=1S/C13H22N2/c1-4-15(5-2)13(10-14)12-9-7-6-8-11(12)3/h6-9,13H,4-5,10,14H2,1-3H3/t13-/m0/s1. The summed E-state index contributed by atoms with van der Waals surface area (Å²) in [5, 5.41) is 0. The van der Waals surface area contributed by atoms with Crippen LogP contribution in [0.3, 0.4) is 0 Å². The van der Waals surface area contributed by atoms with E-state index in [1.165, 1.54) is 11.1 Å². The fourth-order valence-electron chi connectivity index (χ4n) is 2.10. The molecule has 0 bridgehead atoms. The average Bonchev–Trinajstić information content (AvgIpc) is 2.27. The van der Waals surface area contributed by atoms with Gasteiger partial charge in [-0.15, -0.1) is 0 Å². The molecule has 0 aromatic heterocycles. The van der Waals surface area contributed by atoms with Crippen LogP contribution >= 0.6 is 0 Å². The topological polar surface area (TPSA) is 29.3 Å². The second kappa shape index (κ2) is 5.89. The zero-order valence-corrected chi connectivity index (χ0v) is 10.0. The number of nitrogens with zero attached hydrogens (tertiary/aromatic N) is 1. The molecule has 2 heteroatoms. The molecule has 0 saturated carbocycles. The smallest absolute Gasteiger partial charge is 0.0472 e. The van der Waals surface area contributed by atoms with Crippen molar-refractivity contribution in [2.45, 2.75) is 26.8 Å². The monoisotopic (exact) mass is 206 g/mol. The summed E-state index contributed by atoms with van der Waals surface area (Å²) < 4.78 is 0. The lowest BCUT2D eigenvalue weighted by Crippen LogP contribution is -2.33. The Balaban J connectivity index is 2.96. The van der Waals surface area contributed by atoms with E-state index in [4.69, 9.17) is 5.73 Å². The van der Waals surface area contributed by atoms with Gasteiger partial charge >= 0.3 is 0 Å². The Morgan fingerprint density at radius 3 is 2.27 bits per heavy atom. The van der Waals surface area contributed by atoms with Gasteiger partial charge in [0.1, 0.15) is 0 Å². The summed E-state index contributed by atoms with van der Waals surface area (Å²) in [6.45, 7) is 9.31. The molecular weight excluding hydrogens is 184 g/mol. The highest BCUT2D eigenvalue weighted by atomic mass is 15.2. The van der Waals surface area contributed by atoms with Gasteiger partial charge in [0.2, 0.25) is 0 Å². The normalized spacial score (nSPS) is 13.1. The van der Waals surface area contributed by atoms with Gasteiger partial charge in [-0.2, -0.15) is 0 Å². The first-order valence-corrected chi connectivity index (χ1v) is 5.74. The lowest BCUT2D eigenvalue weighted by atomic mass is 10.00. The van der Waals surface area contributed by atoms with Gasteiger partial charge in [0.25, 0.3) is 0 Å². The van der Waals surface area contributed by atoms with Crippen LogP contribution in [0, 0.1) is 6.92 Å². The lowest BCUT2D eigenvalue weighted by molar-refractivity contribution is 0.223. The summed E-state index contributed by atoms with van der Waals surface area (Å²) in [6.07, 6.45) is 0. The van der Waals surface area contributed by atoms with E-state index in [2.05, 4.69) is 49.9 Å². The van der Waals surface area contributed by atoms with E-state index in [9.17, 15) is 0 Å². The summed E-state index contributed by atoms with van der Waals surface area (Å²) in [6, 6.07) is 8.87. The van der Waals surface area contributed by atoms with Crippen molar-refractivity contribution in [2.24, 2.45) is 5.73 Å². The molecular formula is C13H22N2. The molecule has 1 rings (SSSR count). The summed E-state index contributed by atoms with van der Waals surface area (Å²) in [4.78, 5) is 2.41. The second-order valence-corrected chi connectivity index (χ2v) is 3.83. The zero-order valence-electron chi connectivity index (χ0n) is 10.0. The quantitative estimate of drug-likeness (QED) is 0.801. The third-order valence-corrected chi connectivity index (χ3v) is 3.02. The van der Waals surface area contributed by atoms with Gasteiger partial charge in [-0.25, -0.2) is 0 Å². The molecule has 2 N–H and O–H groups in total. The van der Waals surface area contributed by atoms with Crippen molar-refractivity contribution in [1.29, 1.82) is 0 Å². The second-order valence-electron chi connectivity index (χ2n) is 3.83. The van der Waals surface area contributed by atoms with Gasteiger partial charge in [-0.1, -0.05) is 38.1 Å². The first kappa shape index (κ1) is 12.2. The van der Waals surface area contributed by atoms with Gasteiger partial charge in [0.15, 0.2) is 0 Å². The van der Waals surface area contributed by atoms with Gasteiger partial charge < -0.3 is 5.73 Å². The number of nitrogens with two attached hydrogens (primary N) is 1. The zero-order chi connectivity index (χ0) is 11.3. The van der Waals surface area contributed by atoms with Crippen molar-refractivity contribution in [3.63, 3.8) is 0 Å². The average molecular weight is 206 g/mol. The van der Waals surface area contributed by atoms with Crippen molar-refractivity contribution >= 4 is 0 Å². The van der Waals surface area contributed by atoms with Crippen molar-refractivity contribution in [3.05, 3.63) is 35.4 Å². The number of benzene rings is 1. The van der Waals surface area contributed by atoms with E-state index >= 15 is 0 Å². The largest absolute Gasteiger partial charge is 0.329 e. The Labute approximate surface area is 93.1 Å². The Hall–Kier alpha value is -0.860. The fourth-order valence-corrected chi connectivity index (χ4v) is 2.10. The lowest BCUT2D eigenvalue weighted by Gasteiger charge is -2.30. The molecule has 0 unspecified atom stereocenters. The van der Waals surface area contributed by atoms with Gasteiger partial charge in [-0.05, 0) is 31.1 Å². The summed E-state index contributed by atoms with van der Waals surface area (Å²) in [7, 11) is 0. The molecule has 0 aliphatic rings. The van der Waals surface area contributed by atoms with E-state index in [0.29, 0.717) is 12.6 Å². The van der Waals surface area contributed by atoms with E-state index in [1.54, 1.807) is 0 Å². The Morgan fingerprint density at radius 1 is 1.20 bits per heavy atom. The summed E-state index contributed by atoms with van der Waals surface area (Å²) in [5.74, 6) is 0. The SMILES string of the molecule is CCN(CC)[C@@H](CN)c1ccccc1C. The van der Waals surface area contributed by atoms with Crippen molar-refractivity contribution in [2.75, 3.05) is 19.6 Å². The molecule has 15 heavy (non-hydrogen) atoms. The maximum absolute atomic E-state index is 5.88. The molecule has 0 heterocycles. The van der Waals surface area contributed by atoms with Gasteiger partial charge in [-0.3, -0.25) is 4.90 Å². The minimum atomic E-state index is 0.362. The number of likely N-dealkylation sites (N-methyl/N-ethyl adjacent to an activating group) is 1. The molecule has 84 valence electrons. The summed E-state index contributed by atoms with van der Waals surface area (Å²) >= 11 is 0. The minimum Gasteiger partial charge on any atom is -0.329 e. The van der Waals surface area contributed by atoms with E-state index in [0.717, 1.165) is 13.1 Å². The Bertz CT molecular complexity index is 292. The number of hydrogen-bond donors (Lipinski definition) is 1. The molecule has 0 saturated heterocycles. The van der Waals surface area contributed by atoms with Crippen molar-refractivity contribution in [3.8, 4) is 0 Å². The molecule has 0 radical (unpaired) electrons. The molecule has 1 aromatic carbocycles. The van der Waals surface area contributed by atoms with Crippen LogP contribution in [0.2, 0.25) is 0 Å². The van der Waals surface area contributed by atoms with Gasteiger partial charge in [0.05, 0.1) is 0 Å².